The molecule has 104 valence electrons. The highest BCUT2D eigenvalue weighted by molar-refractivity contribution is 7.86. The first-order valence-corrected chi connectivity index (χ1v) is 7.92. The van der Waals surface area contributed by atoms with Crippen molar-refractivity contribution in [3.63, 3.8) is 0 Å². The van der Waals surface area contributed by atoms with Crippen molar-refractivity contribution in [3.8, 4) is 0 Å². The SMILES string of the molecule is Cc1ccc(N)c(S(=O)CC(=O)N2CCCCC2)c1. The third kappa shape index (κ3) is 3.56. The molecular formula is C14H20N2O2S. The van der Waals surface area contributed by atoms with Crippen LogP contribution < -0.4 is 5.73 Å². The van der Waals surface area contributed by atoms with Crippen molar-refractivity contribution in [1.29, 1.82) is 0 Å². The molecular weight excluding hydrogens is 260 g/mol. The number of nitrogens with zero attached hydrogens (tertiary/aromatic N) is 1. The van der Waals surface area contributed by atoms with E-state index >= 15 is 0 Å². The molecule has 1 aliphatic rings. The van der Waals surface area contributed by atoms with E-state index in [9.17, 15) is 9.00 Å². The number of hydrogen-bond donors (Lipinski definition) is 1. The maximum absolute atomic E-state index is 12.3. The molecule has 1 unspecified atom stereocenters. The fourth-order valence-corrected chi connectivity index (χ4v) is 3.47. The van der Waals surface area contributed by atoms with Gasteiger partial charge in [0.1, 0.15) is 5.75 Å². The minimum absolute atomic E-state index is 0.0288. The predicted molar refractivity (Wildman–Crippen MR) is 77.3 cm³/mol. The van der Waals surface area contributed by atoms with E-state index in [0.717, 1.165) is 31.5 Å². The molecule has 1 fully saturated rings. The lowest BCUT2D eigenvalue weighted by Crippen LogP contribution is -2.38. The Morgan fingerprint density at radius 2 is 2.00 bits per heavy atom. The number of nitrogen functional groups attached to an aromatic ring is 1. The van der Waals surface area contributed by atoms with E-state index in [1.165, 1.54) is 6.42 Å². The molecule has 0 radical (unpaired) electrons. The molecule has 1 heterocycles. The summed E-state index contributed by atoms with van der Waals surface area (Å²) in [6.07, 6.45) is 3.27. The van der Waals surface area contributed by atoms with Crippen molar-refractivity contribution in [3.05, 3.63) is 23.8 Å². The highest BCUT2D eigenvalue weighted by Gasteiger charge is 2.20. The number of carbonyl (C=O) groups excluding carboxylic acids is 1. The van der Waals surface area contributed by atoms with Crippen LogP contribution in [0.1, 0.15) is 24.8 Å². The third-order valence-corrected chi connectivity index (χ3v) is 4.73. The molecule has 1 atom stereocenters. The maximum Gasteiger partial charge on any atom is 0.235 e. The largest absolute Gasteiger partial charge is 0.398 e. The molecule has 5 heteroatoms. The summed E-state index contributed by atoms with van der Waals surface area (Å²) in [7, 11) is -1.35. The van der Waals surface area contributed by atoms with Crippen LogP contribution in [0.2, 0.25) is 0 Å². The van der Waals surface area contributed by atoms with Crippen LogP contribution in [0.15, 0.2) is 23.1 Å². The Morgan fingerprint density at radius 1 is 1.32 bits per heavy atom. The van der Waals surface area contributed by atoms with Gasteiger partial charge in [0.2, 0.25) is 5.91 Å². The Bertz CT molecular complexity index is 496. The molecule has 4 nitrogen and oxygen atoms in total. The molecule has 0 aliphatic carbocycles. The molecule has 2 rings (SSSR count). The Balaban J connectivity index is 2.04. The lowest BCUT2D eigenvalue weighted by Gasteiger charge is -2.26. The number of anilines is 1. The first-order valence-electron chi connectivity index (χ1n) is 6.60. The molecule has 1 aliphatic heterocycles. The molecule has 1 aromatic rings. The first-order chi connectivity index (χ1) is 9.08. The highest BCUT2D eigenvalue weighted by Crippen LogP contribution is 2.19. The van der Waals surface area contributed by atoms with Gasteiger partial charge in [0.25, 0.3) is 0 Å². The summed E-state index contributed by atoms with van der Waals surface area (Å²) in [5.74, 6) is 0.00661. The Morgan fingerprint density at radius 3 is 2.68 bits per heavy atom. The molecule has 0 bridgehead atoms. The zero-order valence-electron chi connectivity index (χ0n) is 11.2. The van der Waals surface area contributed by atoms with Gasteiger partial charge in [-0.3, -0.25) is 9.00 Å². The van der Waals surface area contributed by atoms with Crippen LogP contribution in [0.25, 0.3) is 0 Å². The van der Waals surface area contributed by atoms with Gasteiger partial charge in [-0.2, -0.15) is 0 Å². The number of benzene rings is 1. The molecule has 1 amide bonds. The van der Waals surface area contributed by atoms with Gasteiger partial charge in [-0.15, -0.1) is 0 Å². The molecule has 0 saturated carbocycles. The third-order valence-electron chi connectivity index (χ3n) is 3.38. The fourth-order valence-electron chi connectivity index (χ4n) is 2.26. The molecule has 1 saturated heterocycles. The standard InChI is InChI=1S/C14H20N2O2S/c1-11-5-6-12(15)13(9-11)19(18)10-14(17)16-7-3-2-4-8-16/h5-6,9H,2-4,7-8,10,15H2,1H3. The van der Waals surface area contributed by atoms with E-state index in [2.05, 4.69) is 0 Å². The predicted octanol–water partition coefficient (Wildman–Crippen LogP) is 1.70. The van der Waals surface area contributed by atoms with Crippen LogP contribution in [0.5, 0.6) is 0 Å². The van der Waals surface area contributed by atoms with E-state index < -0.39 is 10.8 Å². The summed E-state index contributed by atoms with van der Waals surface area (Å²) in [6.45, 7) is 3.51. The zero-order chi connectivity index (χ0) is 13.8. The molecule has 1 aromatic carbocycles. The number of carbonyl (C=O) groups is 1. The van der Waals surface area contributed by atoms with Crippen molar-refractivity contribution in [2.45, 2.75) is 31.1 Å². The number of nitrogens with two attached hydrogens (primary N) is 1. The zero-order valence-corrected chi connectivity index (χ0v) is 12.0. The summed E-state index contributed by atoms with van der Waals surface area (Å²) in [4.78, 5) is 14.5. The molecule has 0 aromatic heterocycles. The molecule has 2 N–H and O–H groups in total. The van der Waals surface area contributed by atoms with Gasteiger partial charge in [0.05, 0.1) is 15.7 Å². The normalized spacial score (nSPS) is 17.2. The van der Waals surface area contributed by atoms with Gasteiger partial charge >= 0.3 is 0 Å². The lowest BCUT2D eigenvalue weighted by molar-refractivity contribution is -0.129. The maximum atomic E-state index is 12.3. The van der Waals surface area contributed by atoms with E-state index in [1.54, 1.807) is 12.1 Å². The van der Waals surface area contributed by atoms with Crippen LogP contribution >= 0.6 is 0 Å². The van der Waals surface area contributed by atoms with Crippen molar-refractivity contribution in [2.75, 3.05) is 24.6 Å². The topological polar surface area (TPSA) is 63.4 Å². The second kappa shape index (κ2) is 6.19. The number of amides is 1. The highest BCUT2D eigenvalue weighted by atomic mass is 32.2. The van der Waals surface area contributed by atoms with Crippen LogP contribution in [0, 0.1) is 6.92 Å². The van der Waals surface area contributed by atoms with Gasteiger partial charge in [0.15, 0.2) is 0 Å². The van der Waals surface area contributed by atoms with Gasteiger partial charge in [0, 0.05) is 18.8 Å². The molecule has 0 spiro atoms. The van der Waals surface area contributed by atoms with Crippen LogP contribution in [-0.4, -0.2) is 33.9 Å². The number of rotatable bonds is 3. The van der Waals surface area contributed by atoms with Gasteiger partial charge < -0.3 is 10.6 Å². The molecule has 19 heavy (non-hydrogen) atoms. The summed E-state index contributed by atoms with van der Waals surface area (Å²) in [5.41, 5.74) is 7.33. The smallest absolute Gasteiger partial charge is 0.235 e. The summed E-state index contributed by atoms with van der Waals surface area (Å²) < 4.78 is 12.3. The average molecular weight is 280 g/mol. The van der Waals surface area contributed by atoms with Gasteiger partial charge in [-0.1, -0.05) is 6.07 Å². The number of hydrogen-bond acceptors (Lipinski definition) is 3. The number of piperidine rings is 1. The summed E-state index contributed by atoms with van der Waals surface area (Å²) >= 11 is 0. The van der Waals surface area contributed by atoms with E-state index in [4.69, 9.17) is 5.73 Å². The first kappa shape index (κ1) is 14.1. The quantitative estimate of drug-likeness (QED) is 0.857. The number of aryl methyl sites for hydroxylation is 1. The van der Waals surface area contributed by atoms with Gasteiger partial charge in [-0.05, 0) is 43.9 Å². The van der Waals surface area contributed by atoms with Crippen molar-refractivity contribution in [1.82, 2.24) is 4.90 Å². The lowest BCUT2D eigenvalue weighted by atomic mass is 10.1. The van der Waals surface area contributed by atoms with E-state index in [0.29, 0.717) is 10.6 Å². The van der Waals surface area contributed by atoms with Crippen molar-refractivity contribution < 1.29 is 9.00 Å². The van der Waals surface area contributed by atoms with Crippen molar-refractivity contribution >= 4 is 22.4 Å². The van der Waals surface area contributed by atoms with Crippen molar-refractivity contribution in [2.24, 2.45) is 0 Å². The summed E-state index contributed by atoms with van der Waals surface area (Å²) in [5, 5.41) is 0. The number of likely N-dealkylation sites (tertiary alicyclic amines) is 1. The van der Waals surface area contributed by atoms with Crippen LogP contribution in [0.4, 0.5) is 5.69 Å². The van der Waals surface area contributed by atoms with Crippen LogP contribution in [0.3, 0.4) is 0 Å². The average Bonchev–Trinajstić information content (AvgIpc) is 2.42. The van der Waals surface area contributed by atoms with Gasteiger partial charge in [-0.25, -0.2) is 0 Å². The summed E-state index contributed by atoms with van der Waals surface area (Å²) in [6, 6.07) is 5.42. The van der Waals surface area contributed by atoms with E-state index in [-0.39, 0.29) is 11.7 Å². The minimum atomic E-state index is -1.35. The fraction of sp³-hybridized carbons (Fsp3) is 0.500. The Kier molecular flexibility index (Phi) is 4.58. The Hall–Kier alpha value is -1.36. The van der Waals surface area contributed by atoms with E-state index in [1.807, 2.05) is 17.9 Å². The minimum Gasteiger partial charge on any atom is -0.398 e. The Labute approximate surface area is 116 Å². The second-order valence-corrected chi connectivity index (χ2v) is 6.39. The van der Waals surface area contributed by atoms with Crippen LogP contribution in [-0.2, 0) is 15.6 Å². The second-order valence-electron chi connectivity index (χ2n) is 4.97. The monoisotopic (exact) mass is 280 g/mol.